The lowest BCUT2D eigenvalue weighted by molar-refractivity contribution is -0.146. The molecule has 3 atom stereocenters. The SMILES string of the molecule is CCCC(NC(=O)C1CCCN1C(=O)C(NC(=O)OCC(C)C)C(C)C)C(=O)C(=O)NCC(=O)N1CCC(C(=O)O)CC1. The van der Waals surface area contributed by atoms with E-state index in [1.165, 1.54) is 9.80 Å². The molecule has 0 bridgehead atoms. The summed E-state index contributed by atoms with van der Waals surface area (Å²) in [6, 6.07) is -2.95. The number of carbonyl (C=O) groups excluding carboxylic acids is 6. The minimum atomic E-state index is -1.15. The number of piperidine rings is 1. The standard InChI is InChI=1S/C29H47N5O9/c1-6-8-20(24(36)26(38)30-15-22(35)33-13-10-19(11-14-33)28(40)41)31-25(37)21-9-7-12-34(21)27(39)23(18(4)5)32-29(42)43-16-17(2)3/h17-21,23H,6-16H2,1-5H3,(H,30,38)(H,31,37)(H,32,42)(H,40,41). The monoisotopic (exact) mass is 609 g/mol. The molecule has 43 heavy (non-hydrogen) atoms. The molecule has 14 nitrogen and oxygen atoms in total. The number of amides is 5. The number of likely N-dealkylation sites (tertiary alicyclic amines) is 2. The van der Waals surface area contributed by atoms with E-state index in [2.05, 4.69) is 16.0 Å². The van der Waals surface area contributed by atoms with Crippen LogP contribution in [0.25, 0.3) is 0 Å². The highest BCUT2D eigenvalue weighted by Gasteiger charge is 2.40. The summed E-state index contributed by atoms with van der Waals surface area (Å²) in [5, 5.41) is 16.7. The Bertz CT molecular complexity index is 1040. The van der Waals surface area contributed by atoms with Crippen LogP contribution < -0.4 is 16.0 Å². The molecule has 14 heteroatoms. The number of carboxylic acid groups (broad SMARTS) is 1. The van der Waals surface area contributed by atoms with E-state index in [9.17, 15) is 33.6 Å². The Morgan fingerprint density at radius 3 is 2.14 bits per heavy atom. The van der Waals surface area contributed by atoms with Crippen molar-refractivity contribution in [3.05, 3.63) is 0 Å². The number of Topliss-reactive ketones (excluding diaryl/α,β-unsaturated/α-hetero) is 1. The maximum absolute atomic E-state index is 13.4. The molecule has 3 unspecified atom stereocenters. The molecule has 0 saturated carbocycles. The molecule has 2 aliphatic heterocycles. The van der Waals surface area contributed by atoms with Gasteiger partial charge in [-0.05, 0) is 43.9 Å². The number of ether oxygens (including phenoxy) is 1. The van der Waals surface area contributed by atoms with Gasteiger partial charge in [-0.3, -0.25) is 28.8 Å². The van der Waals surface area contributed by atoms with E-state index in [0.717, 1.165) is 0 Å². The predicted octanol–water partition coefficient (Wildman–Crippen LogP) is 0.678. The number of rotatable bonds is 14. The molecule has 0 aromatic rings. The van der Waals surface area contributed by atoms with Crippen molar-refractivity contribution in [2.24, 2.45) is 17.8 Å². The van der Waals surface area contributed by atoms with Crippen LogP contribution in [0.3, 0.4) is 0 Å². The van der Waals surface area contributed by atoms with Gasteiger partial charge in [-0.1, -0.05) is 41.0 Å². The maximum atomic E-state index is 13.4. The molecule has 2 heterocycles. The number of carbonyl (C=O) groups is 7. The van der Waals surface area contributed by atoms with Crippen molar-refractivity contribution in [1.29, 1.82) is 0 Å². The van der Waals surface area contributed by atoms with Crippen molar-refractivity contribution in [1.82, 2.24) is 25.8 Å². The Morgan fingerprint density at radius 1 is 0.930 bits per heavy atom. The van der Waals surface area contributed by atoms with Gasteiger partial charge < -0.3 is 35.6 Å². The molecule has 2 fully saturated rings. The molecule has 242 valence electrons. The first kappa shape index (κ1) is 35.5. The number of alkyl carbamates (subject to hydrolysis) is 1. The first-order valence-corrected chi connectivity index (χ1v) is 15.1. The van der Waals surface area contributed by atoms with Crippen LogP contribution in [0.5, 0.6) is 0 Å². The fourth-order valence-corrected chi connectivity index (χ4v) is 5.12. The zero-order valence-corrected chi connectivity index (χ0v) is 25.8. The van der Waals surface area contributed by atoms with E-state index in [-0.39, 0.29) is 38.0 Å². The molecule has 0 radical (unpaired) electrons. The van der Waals surface area contributed by atoms with Gasteiger partial charge in [-0.2, -0.15) is 0 Å². The maximum Gasteiger partial charge on any atom is 0.407 e. The Hall–Kier alpha value is -3.71. The fraction of sp³-hybridized carbons (Fsp3) is 0.759. The van der Waals surface area contributed by atoms with Gasteiger partial charge in [0.15, 0.2) is 0 Å². The summed E-state index contributed by atoms with van der Waals surface area (Å²) >= 11 is 0. The van der Waals surface area contributed by atoms with E-state index in [0.29, 0.717) is 38.6 Å². The van der Waals surface area contributed by atoms with Crippen molar-refractivity contribution < 1.29 is 43.4 Å². The van der Waals surface area contributed by atoms with Crippen LogP contribution in [0.1, 0.15) is 73.1 Å². The van der Waals surface area contributed by atoms with E-state index >= 15 is 0 Å². The van der Waals surface area contributed by atoms with E-state index in [4.69, 9.17) is 9.84 Å². The number of ketones is 1. The summed E-state index contributed by atoms with van der Waals surface area (Å²) in [6.07, 6.45) is 1.46. The van der Waals surface area contributed by atoms with Crippen LogP contribution in [0.2, 0.25) is 0 Å². The van der Waals surface area contributed by atoms with Crippen LogP contribution in [0.4, 0.5) is 4.79 Å². The van der Waals surface area contributed by atoms with Gasteiger partial charge in [-0.15, -0.1) is 0 Å². The number of carboxylic acids is 1. The van der Waals surface area contributed by atoms with E-state index in [1.54, 1.807) is 20.8 Å². The van der Waals surface area contributed by atoms with E-state index < -0.39 is 72.1 Å². The van der Waals surface area contributed by atoms with Crippen LogP contribution >= 0.6 is 0 Å². The Kier molecular flexibility index (Phi) is 13.9. The minimum Gasteiger partial charge on any atom is -0.481 e. The minimum absolute atomic E-state index is 0.121. The summed E-state index contributed by atoms with van der Waals surface area (Å²) in [5.41, 5.74) is 0. The second-order valence-electron chi connectivity index (χ2n) is 11.9. The molecule has 0 spiro atoms. The van der Waals surface area contributed by atoms with Gasteiger partial charge in [0.05, 0.1) is 25.1 Å². The number of aliphatic carboxylic acids is 1. The third-order valence-electron chi connectivity index (χ3n) is 7.62. The van der Waals surface area contributed by atoms with Gasteiger partial charge in [0.25, 0.3) is 5.91 Å². The van der Waals surface area contributed by atoms with Crippen LogP contribution in [0.15, 0.2) is 0 Å². The van der Waals surface area contributed by atoms with Crippen LogP contribution in [0, 0.1) is 17.8 Å². The number of hydrogen-bond donors (Lipinski definition) is 4. The zero-order valence-electron chi connectivity index (χ0n) is 25.8. The Labute approximate surface area is 252 Å². The van der Waals surface area contributed by atoms with Gasteiger partial charge in [0, 0.05) is 19.6 Å². The van der Waals surface area contributed by atoms with Crippen LogP contribution in [-0.2, 0) is 33.5 Å². The number of nitrogens with zero attached hydrogens (tertiary/aromatic N) is 2. The average Bonchev–Trinajstić information content (AvgIpc) is 3.46. The van der Waals surface area contributed by atoms with Crippen molar-refractivity contribution in [2.45, 2.75) is 91.3 Å². The second-order valence-corrected chi connectivity index (χ2v) is 11.9. The lowest BCUT2D eigenvalue weighted by Gasteiger charge is -2.31. The summed E-state index contributed by atoms with van der Waals surface area (Å²) in [5.74, 6) is -4.94. The third kappa shape index (κ3) is 10.5. The molecule has 5 amide bonds. The molecular weight excluding hydrogens is 562 g/mol. The molecule has 0 aromatic carbocycles. The summed E-state index contributed by atoms with van der Waals surface area (Å²) in [4.78, 5) is 91.1. The number of nitrogens with one attached hydrogen (secondary N) is 3. The molecule has 2 saturated heterocycles. The van der Waals surface area contributed by atoms with Gasteiger partial charge >= 0.3 is 12.1 Å². The highest BCUT2D eigenvalue weighted by molar-refractivity contribution is 6.38. The Morgan fingerprint density at radius 2 is 1.58 bits per heavy atom. The molecule has 2 rings (SSSR count). The highest BCUT2D eigenvalue weighted by atomic mass is 16.5. The third-order valence-corrected chi connectivity index (χ3v) is 7.62. The summed E-state index contributed by atoms with van der Waals surface area (Å²) in [6.45, 7) is 9.66. The van der Waals surface area contributed by atoms with Crippen molar-refractivity contribution in [3.63, 3.8) is 0 Å². The van der Waals surface area contributed by atoms with Crippen molar-refractivity contribution in [3.8, 4) is 0 Å². The van der Waals surface area contributed by atoms with Crippen molar-refractivity contribution in [2.75, 3.05) is 32.8 Å². The molecule has 2 aliphatic rings. The Balaban J connectivity index is 1.98. The molecule has 0 aromatic heterocycles. The van der Waals surface area contributed by atoms with Gasteiger partial charge in [-0.25, -0.2) is 4.79 Å². The van der Waals surface area contributed by atoms with Crippen molar-refractivity contribution >= 4 is 41.5 Å². The van der Waals surface area contributed by atoms with Crippen LogP contribution in [-0.4, -0.2) is 107 Å². The average molecular weight is 610 g/mol. The lowest BCUT2D eigenvalue weighted by Crippen LogP contribution is -2.57. The predicted molar refractivity (Wildman–Crippen MR) is 154 cm³/mol. The quantitative estimate of drug-likeness (QED) is 0.205. The number of hydrogen-bond acceptors (Lipinski definition) is 8. The van der Waals surface area contributed by atoms with Gasteiger partial charge in [0.2, 0.25) is 23.5 Å². The largest absolute Gasteiger partial charge is 0.481 e. The highest BCUT2D eigenvalue weighted by Crippen LogP contribution is 2.21. The normalized spacial score (nSPS) is 18.6. The second kappa shape index (κ2) is 16.8. The fourth-order valence-electron chi connectivity index (χ4n) is 5.12. The zero-order chi connectivity index (χ0) is 32.3. The molecule has 0 aliphatic carbocycles. The lowest BCUT2D eigenvalue weighted by atomic mass is 9.97. The summed E-state index contributed by atoms with van der Waals surface area (Å²) in [7, 11) is 0. The van der Waals surface area contributed by atoms with Gasteiger partial charge in [0.1, 0.15) is 12.1 Å². The first-order chi connectivity index (χ1) is 20.3. The first-order valence-electron chi connectivity index (χ1n) is 15.1. The summed E-state index contributed by atoms with van der Waals surface area (Å²) < 4.78 is 5.16. The molecule has 4 N–H and O–H groups in total. The molecular formula is C29H47N5O9. The topological polar surface area (TPSA) is 192 Å². The van der Waals surface area contributed by atoms with E-state index in [1.807, 2.05) is 13.8 Å². The smallest absolute Gasteiger partial charge is 0.407 e.